The lowest BCUT2D eigenvalue weighted by Gasteiger charge is -2.12. The molecule has 0 amide bonds. The lowest BCUT2D eigenvalue weighted by Crippen LogP contribution is -2.14. The van der Waals surface area contributed by atoms with E-state index < -0.39 is 0 Å². The summed E-state index contributed by atoms with van der Waals surface area (Å²) in [5, 5.41) is 9.72. The van der Waals surface area contributed by atoms with Crippen LogP contribution in [-0.4, -0.2) is 11.2 Å². The lowest BCUT2D eigenvalue weighted by atomic mass is 10.0. The van der Waals surface area contributed by atoms with Gasteiger partial charge in [-0.2, -0.15) is 0 Å². The molecule has 1 fully saturated rings. The first-order chi connectivity index (χ1) is 6.79. The summed E-state index contributed by atoms with van der Waals surface area (Å²) >= 11 is 1.91. The lowest BCUT2D eigenvalue weighted by molar-refractivity contribution is 0.133. The summed E-state index contributed by atoms with van der Waals surface area (Å²) in [6, 6.07) is 4.45. The molecule has 0 aliphatic heterocycles. The van der Waals surface area contributed by atoms with E-state index in [2.05, 4.69) is 19.1 Å². The smallest absolute Gasteiger partial charge is 0.0571 e. The monoisotopic (exact) mass is 210 g/mol. The van der Waals surface area contributed by atoms with Crippen LogP contribution >= 0.6 is 11.3 Å². The maximum Gasteiger partial charge on any atom is 0.0571 e. The second-order valence-electron chi connectivity index (χ2n) is 4.18. The molecular formula is C12H18OS. The van der Waals surface area contributed by atoms with Crippen molar-refractivity contribution in [2.45, 2.75) is 45.1 Å². The Bertz CT molecular complexity index is 292. The Morgan fingerprint density at radius 3 is 2.71 bits per heavy atom. The Kier molecular flexibility index (Phi) is 3.24. The highest BCUT2D eigenvalue weighted by Crippen LogP contribution is 2.30. The molecule has 1 saturated carbocycles. The molecule has 0 spiro atoms. The molecule has 2 rings (SSSR count). The van der Waals surface area contributed by atoms with E-state index in [9.17, 15) is 5.11 Å². The number of aryl methyl sites for hydroxylation is 1. The van der Waals surface area contributed by atoms with Crippen molar-refractivity contribution in [3.8, 4) is 0 Å². The molecule has 2 atom stereocenters. The number of hydrogen-bond donors (Lipinski definition) is 1. The van der Waals surface area contributed by atoms with Crippen molar-refractivity contribution in [2.75, 3.05) is 0 Å². The van der Waals surface area contributed by atoms with Gasteiger partial charge in [-0.1, -0.05) is 13.3 Å². The molecule has 14 heavy (non-hydrogen) atoms. The molecule has 0 bridgehead atoms. The minimum absolute atomic E-state index is 0.0397. The van der Waals surface area contributed by atoms with Crippen molar-refractivity contribution >= 4 is 11.3 Å². The van der Waals surface area contributed by atoms with Crippen molar-refractivity contribution in [1.82, 2.24) is 0 Å². The van der Waals surface area contributed by atoms with Crippen LogP contribution in [0.25, 0.3) is 0 Å². The number of thiophene rings is 1. The van der Waals surface area contributed by atoms with Crippen LogP contribution in [-0.2, 0) is 12.8 Å². The highest BCUT2D eigenvalue weighted by atomic mass is 32.1. The SMILES string of the molecule is CCc1ccc(CC2CCCC2O)s1. The maximum absolute atomic E-state index is 9.72. The van der Waals surface area contributed by atoms with Crippen molar-refractivity contribution in [2.24, 2.45) is 5.92 Å². The van der Waals surface area contributed by atoms with E-state index in [1.165, 1.54) is 22.6 Å². The van der Waals surface area contributed by atoms with Crippen LogP contribution in [0.3, 0.4) is 0 Å². The van der Waals surface area contributed by atoms with Gasteiger partial charge in [-0.25, -0.2) is 0 Å². The molecule has 1 heterocycles. The van der Waals surface area contributed by atoms with Crippen molar-refractivity contribution < 1.29 is 5.11 Å². The normalized spacial score (nSPS) is 27.0. The standard InChI is InChI=1S/C12H18OS/c1-2-10-6-7-11(14-10)8-9-4-3-5-12(9)13/h6-7,9,12-13H,2-5,8H2,1H3. The van der Waals surface area contributed by atoms with Crippen LogP contribution in [0, 0.1) is 5.92 Å². The van der Waals surface area contributed by atoms with Gasteiger partial charge in [0.05, 0.1) is 6.10 Å². The molecule has 1 aliphatic rings. The second kappa shape index (κ2) is 4.45. The topological polar surface area (TPSA) is 20.2 Å². The van der Waals surface area contributed by atoms with Crippen molar-refractivity contribution in [1.29, 1.82) is 0 Å². The zero-order valence-electron chi connectivity index (χ0n) is 8.70. The molecule has 1 N–H and O–H groups in total. The van der Waals surface area contributed by atoms with Crippen LogP contribution in [0.4, 0.5) is 0 Å². The minimum atomic E-state index is -0.0397. The van der Waals surface area contributed by atoms with Gasteiger partial charge in [-0.3, -0.25) is 0 Å². The van der Waals surface area contributed by atoms with E-state index >= 15 is 0 Å². The van der Waals surface area contributed by atoms with Gasteiger partial charge >= 0.3 is 0 Å². The molecule has 1 aromatic rings. The van der Waals surface area contributed by atoms with E-state index in [4.69, 9.17) is 0 Å². The third kappa shape index (κ3) is 2.18. The fourth-order valence-corrected chi connectivity index (χ4v) is 3.29. The second-order valence-corrected chi connectivity index (χ2v) is 5.44. The molecule has 1 aromatic heterocycles. The first-order valence-corrected chi connectivity index (χ1v) is 6.37. The van der Waals surface area contributed by atoms with Crippen LogP contribution < -0.4 is 0 Å². The summed E-state index contributed by atoms with van der Waals surface area (Å²) in [5.41, 5.74) is 0. The molecule has 1 aliphatic carbocycles. The van der Waals surface area contributed by atoms with Crippen molar-refractivity contribution in [3.63, 3.8) is 0 Å². The van der Waals surface area contributed by atoms with E-state index in [1.54, 1.807) is 0 Å². The van der Waals surface area contributed by atoms with Gasteiger partial charge in [0.15, 0.2) is 0 Å². The Balaban J connectivity index is 1.96. The highest BCUT2D eigenvalue weighted by molar-refractivity contribution is 7.11. The highest BCUT2D eigenvalue weighted by Gasteiger charge is 2.25. The quantitative estimate of drug-likeness (QED) is 0.813. The predicted molar refractivity (Wildman–Crippen MR) is 60.7 cm³/mol. The molecule has 2 heteroatoms. The number of aliphatic hydroxyl groups excluding tert-OH is 1. The minimum Gasteiger partial charge on any atom is -0.393 e. The van der Waals surface area contributed by atoms with Crippen LogP contribution in [0.2, 0.25) is 0 Å². The Morgan fingerprint density at radius 2 is 2.14 bits per heavy atom. The summed E-state index contributed by atoms with van der Waals surface area (Å²) in [5.74, 6) is 0.526. The molecule has 78 valence electrons. The Hall–Kier alpha value is -0.340. The van der Waals surface area contributed by atoms with Gasteiger partial charge in [-0.15, -0.1) is 11.3 Å². The van der Waals surface area contributed by atoms with E-state index in [-0.39, 0.29) is 6.10 Å². The van der Waals surface area contributed by atoms with Crippen LogP contribution in [0.15, 0.2) is 12.1 Å². The average Bonchev–Trinajstić information content (AvgIpc) is 2.77. The molecule has 0 aromatic carbocycles. The largest absolute Gasteiger partial charge is 0.393 e. The zero-order chi connectivity index (χ0) is 9.97. The fraction of sp³-hybridized carbons (Fsp3) is 0.667. The van der Waals surface area contributed by atoms with Gasteiger partial charge in [-0.05, 0) is 43.7 Å². The van der Waals surface area contributed by atoms with E-state index in [0.29, 0.717) is 5.92 Å². The summed E-state index contributed by atoms with van der Waals surface area (Å²) in [6.07, 6.45) is 5.61. The van der Waals surface area contributed by atoms with E-state index in [1.807, 2.05) is 11.3 Å². The van der Waals surface area contributed by atoms with Gasteiger partial charge in [0.25, 0.3) is 0 Å². The number of aliphatic hydroxyl groups is 1. The first kappa shape index (κ1) is 10.2. The summed E-state index contributed by atoms with van der Waals surface area (Å²) in [6.45, 7) is 2.19. The average molecular weight is 210 g/mol. The zero-order valence-corrected chi connectivity index (χ0v) is 9.52. The molecule has 2 unspecified atom stereocenters. The van der Waals surface area contributed by atoms with Gasteiger partial charge in [0, 0.05) is 9.75 Å². The Morgan fingerprint density at radius 1 is 1.36 bits per heavy atom. The summed E-state index contributed by atoms with van der Waals surface area (Å²) in [4.78, 5) is 2.92. The first-order valence-electron chi connectivity index (χ1n) is 5.55. The molecule has 1 nitrogen and oxygen atoms in total. The maximum atomic E-state index is 9.72. The third-order valence-corrected chi connectivity index (χ3v) is 4.40. The third-order valence-electron chi connectivity index (χ3n) is 3.15. The van der Waals surface area contributed by atoms with Crippen LogP contribution in [0.5, 0.6) is 0 Å². The van der Waals surface area contributed by atoms with Gasteiger partial charge in [0.2, 0.25) is 0 Å². The predicted octanol–water partition coefficient (Wildman–Crippen LogP) is 3.01. The molecule has 0 radical (unpaired) electrons. The summed E-state index contributed by atoms with van der Waals surface area (Å²) in [7, 11) is 0. The number of hydrogen-bond acceptors (Lipinski definition) is 2. The molecular weight excluding hydrogens is 192 g/mol. The molecule has 0 saturated heterocycles. The van der Waals surface area contributed by atoms with Gasteiger partial charge in [0.1, 0.15) is 0 Å². The van der Waals surface area contributed by atoms with Crippen molar-refractivity contribution in [3.05, 3.63) is 21.9 Å². The summed E-state index contributed by atoms with van der Waals surface area (Å²) < 4.78 is 0. The fourth-order valence-electron chi connectivity index (χ4n) is 2.24. The van der Waals surface area contributed by atoms with Crippen LogP contribution in [0.1, 0.15) is 35.9 Å². The van der Waals surface area contributed by atoms with Gasteiger partial charge < -0.3 is 5.11 Å². The Labute approximate surface area is 89.8 Å². The van der Waals surface area contributed by atoms with E-state index in [0.717, 1.165) is 19.3 Å². The number of rotatable bonds is 3.